The molecule has 148 valence electrons. The Morgan fingerprint density at radius 1 is 1.32 bits per heavy atom. The van der Waals surface area contributed by atoms with Gasteiger partial charge in [0.25, 0.3) is 0 Å². The number of hydrogen-bond donors (Lipinski definition) is 3. The van der Waals surface area contributed by atoms with E-state index >= 15 is 0 Å². The number of H-pyrrole nitrogens is 1. The molecular formula is C19H26N8O. The number of nitrogens with zero attached hydrogens (tertiary/aromatic N) is 5. The maximum Gasteiger partial charge on any atom is 0.137 e. The predicted octanol–water partition coefficient (Wildman–Crippen LogP) is 0.728. The van der Waals surface area contributed by atoms with E-state index < -0.39 is 0 Å². The zero-order valence-electron chi connectivity index (χ0n) is 16.0. The third-order valence-electron chi connectivity index (χ3n) is 4.96. The second-order valence-corrected chi connectivity index (χ2v) is 7.00. The zero-order valence-corrected chi connectivity index (χ0v) is 16.0. The molecule has 0 aromatic carbocycles. The molecule has 9 heteroatoms. The number of fused-ring (bicyclic) bond motifs is 1. The maximum absolute atomic E-state index is 6.35. The van der Waals surface area contributed by atoms with Gasteiger partial charge in [-0.05, 0) is 6.07 Å². The van der Waals surface area contributed by atoms with Gasteiger partial charge in [0.05, 0.1) is 25.1 Å². The Labute approximate surface area is 163 Å². The van der Waals surface area contributed by atoms with Crippen molar-refractivity contribution in [3.05, 3.63) is 42.6 Å². The van der Waals surface area contributed by atoms with Crippen molar-refractivity contribution in [3.63, 3.8) is 0 Å². The standard InChI is InChI=1S/C19H26N8O/c1-25-12-15(10-24-25)14-8-16-17(11-23-19(16)22-9-14)18(20)13-27(21)3-2-26-4-6-28-7-5-26/h8-13H,2-7,20-21H2,1H3,(H,22,23)/b18-13-. The maximum atomic E-state index is 6.35. The fraction of sp³-hybridized carbons (Fsp3) is 0.368. The normalized spacial score (nSPS) is 16.0. The molecule has 5 N–H and O–H groups in total. The summed E-state index contributed by atoms with van der Waals surface area (Å²) in [5.74, 6) is 6.15. The van der Waals surface area contributed by atoms with E-state index in [9.17, 15) is 0 Å². The van der Waals surface area contributed by atoms with Crippen molar-refractivity contribution >= 4 is 16.7 Å². The minimum atomic E-state index is 0.598. The number of pyridine rings is 1. The predicted molar refractivity (Wildman–Crippen MR) is 109 cm³/mol. The highest BCUT2D eigenvalue weighted by molar-refractivity contribution is 5.92. The number of rotatable bonds is 6. The molecule has 0 atom stereocenters. The molecule has 1 saturated heterocycles. The number of hydrazine groups is 1. The molecule has 0 spiro atoms. The molecule has 0 amide bonds. The highest BCUT2D eigenvalue weighted by Gasteiger charge is 2.12. The minimum absolute atomic E-state index is 0.598. The highest BCUT2D eigenvalue weighted by atomic mass is 16.5. The molecule has 3 aromatic rings. The zero-order chi connectivity index (χ0) is 19.5. The van der Waals surface area contributed by atoms with Crippen LogP contribution in [0.4, 0.5) is 0 Å². The summed E-state index contributed by atoms with van der Waals surface area (Å²) in [7, 11) is 1.89. The van der Waals surface area contributed by atoms with Crippen LogP contribution in [0.15, 0.2) is 37.1 Å². The fourth-order valence-electron chi connectivity index (χ4n) is 3.36. The van der Waals surface area contributed by atoms with E-state index in [1.807, 2.05) is 31.8 Å². The lowest BCUT2D eigenvalue weighted by atomic mass is 10.1. The lowest BCUT2D eigenvalue weighted by Crippen LogP contribution is -2.42. The first kappa shape index (κ1) is 18.5. The number of ether oxygens (including phenoxy) is 1. The van der Waals surface area contributed by atoms with E-state index in [1.54, 1.807) is 15.9 Å². The van der Waals surface area contributed by atoms with Gasteiger partial charge in [0.2, 0.25) is 0 Å². The third kappa shape index (κ3) is 4.01. The Kier molecular flexibility index (Phi) is 5.29. The summed E-state index contributed by atoms with van der Waals surface area (Å²) in [6.45, 7) is 5.03. The first-order valence-corrected chi connectivity index (χ1v) is 9.35. The van der Waals surface area contributed by atoms with Crippen molar-refractivity contribution in [2.45, 2.75) is 0 Å². The van der Waals surface area contributed by atoms with Gasteiger partial charge in [-0.25, -0.2) is 10.8 Å². The van der Waals surface area contributed by atoms with Gasteiger partial charge in [-0.1, -0.05) is 0 Å². The van der Waals surface area contributed by atoms with Crippen LogP contribution < -0.4 is 11.6 Å². The van der Waals surface area contributed by atoms with Crippen LogP contribution in [0.5, 0.6) is 0 Å². The molecule has 1 aliphatic rings. The van der Waals surface area contributed by atoms with Crippen molar-refractivity contribution in [1.82, 2.24) is 29.7 Å². The van der Waals surface area contributed by atoms with Gasteiger partial charge in [-0.15, -0.1) is 0 Å². The minimum Gasteiger partial charge on any atom is -0.397 e. The van der Waals surface area contributed by atoms with Crippen molar-refractivity contribution in [1.29, 1.82) is 0 Å². The van der Waals surface area contributed by atoms with Gasteiger partial charge in [0.1, 0.15) is 5.65 Å². The topological polar surface area (TPSA) is 114 Å². The Morgan fingerprint density at radius 3 is 2.89 bits per heavy atom. The van der Waals surface area contributed by atoms with Crippen LogP contribution in [0.3, 0.4) is 0 Å². The second kappa shape index (κ2) is 8.01. The Morgan fingerprint density at radius 2 is 2.14 bits per heavy atom. The van der Waals surface area contributed by atoms with Crippen molar-refractivity contribution in [3.8, 4) is 11.1 Å². The first-order valence-electron chi connectivity index (χ1n) is 9.35. The Hall–Kier alpha value is -2.88. The summed E-state index contributed by atoms with van der Waals surface area (Å²) in [4.78, 5) is 10.0. The van der Waals surface area contributed by atoms with Gasteiger partial charge in [-0.3, -0.25) is 9.58 Å². The van der Waals surface area contributed by atoms with E-state index in [1.165, 1.54) is 0 Å². The van der Waals surface area contributed by atoms with Crippen LogP contribution in [0.2, 0.25) is 0 Å². The SMILES string of the molecule is Cn1cc(-c2cnc3[nH]cc(/C(N)=C/N(N)CCN4CCOCC4)c3c2)cn1. The van der Waals surface area contributed by atoms with E-state index in [2.05, 4.69) is 26.0 Å². The van der Waals surface area contributed by atoms with Crippen molar-refractivity contribution in [2.75, 3.05) is 39.4 Å². The van der Waals surface area contributed by atoms with Crippen molar-refractivity contribution in [2.24, 2.45) is 18.6 Å². The number of aromatic nitrogens is 4. The number of aryl methyl sites for hydroxylation is 1. The average Bonchev–Trinajstić information content (AvgIpc) is 3.33. The molecule has 0 unspecified atom stereocenters. The lowest BCUT2D eigenvalue weighted by molar-refractivity contribution is 0.0352. The number of hydrogen-bond acceptors (Lipinski definition) is 7. The summed E-state index contributed by atoms with van der Waals surface area (Å²) in [6, 6.07) is 2.07. The number of morpholine rings is 1. The smallest absolute Gasteiger partial charge is 0.137 e. The van der Waals surface area contributed by atoms with E-state index in [0.29, 0.717) is 12.2 Å². The van der Waals surface area contributed by atoms with Gasteiger partial charge in [-0.2, -0.15) is 5.10 Å². The second-order valence-electron chi connectivity index (χ2n) is 7.00. The average molecular weight is 382 g/mol. The van der Waals surface area contributed by atoms with E-state index in [4.69, 9.17) is 16.3 Å². The lowest BCUT2D eigenvalue weighted by Gasteiger charge is -2.28. The van der Waals surface area contributed by atoms with E-state index in [0.717, 1.165) is 60.6 Å². The van der Waals surface area contributed by atoms with Gasteiger partial charge < -0.3 is 20.5 Å². The van der Waals surface area contributed by atoms with Crippen LogP contribution in [0, 0.1) is 0 Å². The summed E-state index contributed by atoms with van der Waals surface area (Å²) < 4.78 is 7.14. The molecule has 9 nitrogen and oxygen atoms in total. The van der Waals surface area contributed by atoms with Gasteiger partial charge in [0, 0.05) is 80.1 Å². The summed E-state index contributed by atoms with van der Waals surface area (Å²) in [5.41, 5.74) is 10.6. The quantitative estimate of drug-likeness (QED) is 0.425. The summed E-state index contributed by atoms with van der Waals surface area (Å²) in [5, 5.41) is 6.82. The molecule has 0 bridgehead atoms. The van der Waals surface area contributed by atoms with Gasteiger partial charge in [0.15, 0.2) is 0 Å². The van der Waals surface area contributed by atoms with Crippen molar-refractivity contribution < 1.29 is 4.74 Å². The van der Waals surface area contributed by atoms with E-state index in [-0.39, 0.29) is 0 Å². The molecule has 4 rings (SSSR count). The molecule has 1 fully saturated rings. The number of aromatic amines is 1. The highest BCUT2D eigenvalue weighted by Crippen LogP contribution is 2.26. The molecule has 0 radical (unpaired) electrons. The molecule has 3 aromatic heterocycles. The first-order chi connectivity index (χ1) is 13.6. The Bertz CT molecular complexity index is 969. The molecule has 0 aliphatic carbocycles. The summed E-state index contributed by atoms with van der Waals surface area (Å²) >= 11 is 0. The number of nitrogens with one attached hydrogen (secondary N) is 1. The van der Waals surface area contributed by atoms with Crippen LogP contribution in [-0.2, 0) is 11.8 Å². The Balaban J connectivity index is 1.51. The largest absolute Gasteiger partial charge is 0.397 e. The molecule has 4 heterocycles. The molecule has 1 aliphatic heterocycles. The van der Waals surface area contributed by atoms with Crippen LogP contribution in [0.25, 0.3) is 27.9 Å². The molecule has 28 heavy (non-hydrogen) atoms. The number of nitrogens with two attached hydrogens (primary N) is 2. The summed E-state index contributed by atoms with van der Waals surface area (Å²) in [6.07, 6.45) is 9.26. The third-order valence-corrected chi connectivity index (χ3v) is 4.96. The molecule has 0 saturated carbocycles. The van der Waals surface area contributed by atoms with Crippen LogP contribution in [0.1, 0.15) is 5.56 Å². The monoisotopic (exact) mass is 382 g/mol. The molecular weight excluding hydrogens is 356 g/mol. The fourth-order valence-corrected chi connectivity index (χ4v) is 3.36. The van der Waals surface area contributed by atoms with Crippen LogP contribution >= 0.6 is 0 Å². The van der Waals surface area contributed by atoms with Crippen LogP contribution in [-0.4, -0.2) is 69.1 Å². The van der Waals surface area contributed by atoms with Gasteiger partial charge >= 0.3 is 0 Å².